The highest BCUT2D eigenvalue weighted by molar-refractivity contribution is 9.10. The van der Waals surface area contributed by atoms with Crippen LogP contribution in [0, 0.1) is 0 Å². The van der Waals surface area contributed by atoms with Crippen molar-refractivity contribution in [1.29, 1.82) is 0 Å². The third-order valence-corrected chi connectivity index (χ3v) is 3.74. The highest BCUT2D eigenvalue weighted by Gasteiger charge is 2.11. The molecule has 4 heteroatoms. The molecule has 1 heterocycles. The van der Waals surface area contributed by atoms with Crippen molar-refractivity contribution in [2.24, 2.45) is 0 Å². The molecule has 0 spiro atoms. The maximum atomic E-state index is 4.57. The number of benzene rings is 1. The summed E-state index contributed by atoms with van der Waals surface area (Å²) in [6.45, 7) is 7.42. The van der Waals surface area contributed by atoms with E-state index >= 15 is 0 Å². The van der Waals surface area contributed by atoms with Gasteiger partial charge in [-0.2, -0.15) is 5.10 Å². The molecule has 0 aliphatic carbocycles. The van der Waals surface area contributed by atoms with E-state index in [1.54, 1.807) is 0 Å². The summed E-state index contributed by atoms with van der Waals surface area (Å²) in [6, 6.07) is 8.78. The van der Waals surface area contributed by atoms with Gasteiger partial charge in [0.25, 0.3) is 0 Å². The maximum absolute atomic E-state index is 4.57. The fourth-order valence-corrected chi connectivity index (χ4v) is 2.44. The van der Waals surface area contributed by atoms with Crippen LogP contribution in [0.25, 0.3) is 5.69 Å². The van der Waals surface area contributed by atoms with Gasteiger partial charge in [0.05, 0.1) is 11.9 Å². The summed E-state index contributed by atoms with van der Waals surface area (Å²) in [7, 11) is 0. The summed E-state index contributed by atoms with van der Waals surface area (Å²) < 4.78 is 3.15. The Labute approximate surface area is 129 Å². The van der Waals surface area contributed by atoms with Crippen LogP contribution in [0.5, 0.6) is 0 Å². The van der Waals surface area contributed by atoms with Crippen molar-refractivity contribution in [2.45, 2.75) is 46.2 Å². The summed E-state index contributed by atoms with van der Waals surface area (Å²) in [5, 5.41) is 8.05. The van der Waals surface area contributed by atoms with Crippen molar-refractivity contribution in [1.82, 2.24) is 15.1 Å². The highest BCUT2D eigenvalue weighted by atomic mass is 79.9. The number of halogens is 1. The number of nitrogens with zero attached hydrogens (tertiary/aromatic N) is 2. The molecule has 0 fully saturated rings. The molecule has 0 unspecified atom stereocenters. The first-order chi connectivity index (χ1) is 9.61. The lowest BCUT2D eigenvalue weighted by molar-refractivity contribution is 0.585. The summed E-state index contributed by atoms with van der Waals surface area (Å²) in [6.07, 6.45) is 4.16. The molecule has 1 aromatic heterocycles. The monoisotopic (exact) mass is 335 g/mol. The predicted molar refractivity (Wildman–Crippen MR) is 87.2 cm³/mol. The van der Waals surface area contributed by atoms with Crippen molar-refractivity contribution in [3.63, 3.8) is 0 Å². The third-order valence-electron chi connectivity index (χ3n) is 3.21. The molecule has 0 amide bonds. The molecule has 0 saturated heterocycles. The number of aromatic nitrogens is 2. The van der Waals surface area contributed by atoms with Crippen molar-refractivity contribution in [3.8, 4) is 5.69 Å². The predicted octanol–water partition coefficient (Wildman–Crippen LogP) is 4.09. The van der Waals surface area contributed by atoms with Crippen LogP contribution in [0.3, 0.4) is 0 Å². The standard InChI is InChI=1S/C16H22BrN3/c1-4-5-16-13(10-18-12(2)3)11-19-20(16)15-8-6-14(17)7-9-15/h6-9,11-12,18H,4-5,10H2,1-3H3. The van der Waals surface area contributed by atoms with E-state index in [1.807, 2.05) is 6.20 Å². The maximum Gasteiger partial charge on any atom is 0.0649 e. The molecule has 1 aromatic carbocycles. The van der Waals surface area contributed by atoms with Gasteiger partial charge in [-0.1, -0.05) is 43.1 Å². The van der Waals surface area contributed by atoms with Gasteiger partial charge in [-0.3, -0.25) is 0 Å². The Morgan fingerprint density at radius 1 is 1.25 bits per heavy atom. The molecule has 2 aromatic rings. The van der Waals surface area contributed by atoms with Crippen LogP contribution in [-0.4, -0.2) is 15.8 Å². The van der Waals surface area contributed by atoms with E-state index in [2.05, 4.69) is 76.1 Å². The second kappa shape index (κ2) is 7.04. The first kappa shape index (κ1) is 15.3. The van der Waals surface area contributed by atoms with Gasteiger partial charge in [-0.25, -0.2) is 4.68 Å². The van der Waals surface area contributed by atoms with Gasteiger partial charge in [0.15, 0.2) is 0 Å². The number of nitrogens with one attached hydrogen (secondary N) is 1. The minimum absolute atomic E-state index is 0.487. The van der Waals surface area contributed by atoms with E-state index < -0.39 is 0 Å². The van der Waals surface area contributed by atoms with Crippen molar-refractivity contribution in [2.75, 3.05) is 0 Å². The zero-order valence-corrected chi connectivity index (χ0v) is 13.9. The van der Waals surface area contributed by atoms with Gasteiger partial charge in [0.1, 0.15) is 0 Å². The van der Waals surface area contributed by atoms with Gasteiger partial charge in [0, 0.05) is 28.3 Å². The molecule has 0 aliphatic rings. The smallest absolute Gasteiger partial charge is 0.0649 e. The Kier molecular flexibility index (Phi) is 5.38. The molecule has 108 valence electrons. The molecule has 0 aliphatic heterocycles. The van der Waals surface area contributed by atoms with E-state index in [4.69, 9.17) is 0 Å². The average molecular weight is 336 g/mol. The Bertz CT molecular complexity index is 543. The van der Waals surface area contributed by atoms with Crippen LogP contribution < -0.4 is 5.32 Å². The van der Waals surface area contributed by atoms with Crippen LogP contribution in [-0.2, 0) is 13.0 Å². The molecule has 0 radical (unpaired) electrons. The quantitative estimate of drug-likeness (QED) is 0.861. The SMILES string of the molecule is CCCc1c(CNC(C)C)cnn1-c1ccc(Br)cc1. The fourth-order valence-electron chi connectivity index (χ4n) is 2.18. The average Bonchev–Trinajstić information content (AvgIpc) is 2.81. The van der Waals surface area contributed by atoms with Gasteiger partial charge in [-0.15, -0.1) is 0 Å². The van der Waals surface area contributed by atoms with Crippen LogP contribution in [0.1, 0.15) is 38.4 Å². The van der Waals surface area contributed by atoms with Crippen molar-refractivity contribution >= 4 is 15.9 Å². The zero-order valence-electron chi connectivity index (χ0n) is 12.4. The van der Waals surface area contributed by atoms with Crippen LogP contribution in [0.4, 0.5) is 0 Å². The second-order valence-electron chi connectivity index (χ2n) is 5.29. The normalized spacial score (nSPS) is 11.2. The first-order valence-electron chi connectivity index (χ1n) is 7.17. The van der Waals surface area contributed by atoms with E-state index in [9.17, 15) is 0 Å². The summed E-state index contributed by atoms with van der Waals surface area (Å²) in [4.78, 5) is 0. The van der Waals surface area contributed by atoms with Gasteiger partial charge >= 0.3 is 0 Å². The summed E-state index contributed by atoms with van der Waals surface area (Å²) >= 11 is 3.47. The Morgan fingerprint density at radius 2 is 1.95 bits per heavy atom. The number of rotatable bonds is 6. The van der Waals surface area contributed by atoms with E-state index in [0.29, 0.717) is 6.04 Å². The van der Waals surface area contributed by atoms with E-state index in [0.717, 1.165) is 29.5 Å². The van der Waals surface area contributed by atoms with Crippen molar-refractivity contribution in [3.05, 3.63) is 46.2 Å². The molecule has 2 rings (SSSR count). The fraction of sp³-hybridized carbons (Fsp3) is 0.438. The lowest BCUT2D eigenvalue weighted by Crippen LogP contribution is -2.22. The van der Waals surface area contributed by atoms with Crippen LogP contribution in [0.2, 0.25) is 0 Å². The molecule has 0 bridgehead atoms. The number of hydrogen-bond donors (Lipinski definition) is 1. The van der Waals surface area contributed by atoms with Crippen molar-refractivity contribution < 1.29 is 0 Å². The van der Waals surface area contributed by atoms with Crippen LogP contribution >= 0.6 is 15.9 Å². The minimum Gasteiger partial charge on any atom is -0.310 e. The lowest BCUT2D eigenvalue weighted by atomic mass is 10.1. The van der Waals surface area contributed by atoms with Gasteiger partial charge in [-0.05, 0) is 30.7 Å². The topological polar surface area (TPSA) is 29.9 Å². The highest BCUT2D eigenvalue weighted by Crippen LogP contribution is 2.19. The Hall–Kier alpha value is -1.13. The van der Waals surface area contributed by atoms with Gasteiger partial charge < -0.3 is 5.32 Å². The second-order valence-corrected chi connectivity index (χ2v) is 6.21. The zero-order chi connectivity index (χ0) is 14.5. The molecule has 0 atom stereocenters. The first-order valence-corrected chi connectivity index (χ1v) is 7.96. The molecule has 0 saturated carbocycles. The van der Waals surface area contributed by atoms with Gasteiger partial charge in [0.2, 0.25) is 0 Å². The van der Waals surface area contributed by atoms with E-state index in [-0.39, 0.29) is 0 Å². The molecular formula is C16H22BrN3. The molecule has 1 N–H and O–H groups in total. The molecule has 3 nitrogen and oxygen atoms in total. The summed E-state index contributed by atoms with van der Waals surface area (Å²) in [5.41, 5.74) is 3.72. The third kappa shape index (κ3) is 3.70. The number of hydrogen-bond acceptors (Lipinski definition) is 2. The Balaban J connectivity index is 2.30. The molecular weight excluding hydrogens is 314 g/mol. The molecule has 20 heavy (non-hydrogen) atoms. The lowest BCUT2D eigenvalue weighted by Gasteiger charge is -2.11. The minimum atomic E-state index is 0.487. The summed E-state index contributed by atoms with van der Waals surface area (Å²) in [5.74, 6) is 0. The van der Waals surface area contributed by atoms with Crippen LogP contribution in [0.15, 0.2) is 34.9 Å². The Morgan fingerprint density at radius 3 is 2.55 bits per heavy atom. The largest absolute Gasteiger partial charge is 0.310 e. The van der Waals surface area contributed by atoms with E-state index in [1.165, 1.54) is 11.3 Å².